The molecule has 0 saturated carbocycles. The van der Waals surface area contributed by atoms with Gasteiger partial charge in [-0.2, -0.15) is 0 Å². The molecule has 0 bridgehead atoms. The molecule has 0 atom stereocenters. The van der Waals surface area contributed by atoms with E-state index in [9.17, 15) is 4.79 Å². The SMILES string of the molecule is CCc1ccc(NC(=O)CN(C)Cc2cc(C)on2)cc1. The molecular weight excluding hydrogens is 266 g/mol. The van der Waals surface area contributed by atoms with Crippen LogP contribution in [0.15, 0.2) is 34.9 Å². The summed E-state index contributed by atoms with van der Waals surface area (Å²) in [5.41, 5.74) is 2.91. The average Bonchev–Trinajstić information content (AvgIpc) is 2.84. The Morgan fingerprint density at radius 3 is 2.62 bits per heavy atom. The number of hydrogen-bond acceptors (Lipinski definition) is 4. The van der Waals surface area contributed by atoms with E-state index in [1.54, 1.807) is 0 Å². The van der Waals surface area contributed by atoms with Crippen LogP contribution < -0.4 is 5.32 Å². The molecule has 0 aliphatic heterocycles. The van der Waals surface area contributed by atoms with Crippen molar-refractivity contribution in [2.24, 2.45) is 0 Å². The average molecular weight is 287 g/mol. The van der Waals surface area contributed by atoms with Crippen LogP contribution in [0.4, 0.5) is 5.69 Å². The minimum absolute atomic E-state index is 0.0398. The number of likely N-dealkylation sites (N-methyl/N-ethyl adjacent to an activating group) is 1. The van der Waals surface area contributed by atoms with E-state index in [0.717, 1.165) is 23.6 Å². The van der Waals surface area contributed by atoms with Crippen molar-refractivity contribution in [1.29, 1.82) is 0 Å². The molecule has 0 aliphatic carbocycles. The molecule has 1 heterocycles. The Morgan fingerprint density at radius 2 is 2.05 bits per heavy atom. The molecule has 1 N–H and O–H groups in total. The number of carbonyl (C=O) groups excluding carboxylic acids is 1. The van der Waals surface area contributed by atoms with Gasteiger partial charge in [-0.3, -0.25) is 9.69 Å². The molecule has 0 unspecified atom stereocenters. The number of hydrogen-bond donors (Lipinski definition) is 1. The molecule has 1 amide bonds. The summed E-state index contributed by atoms with van der Waals surface area (Å²) in [5, 5.41) is 6.81. The van der Waals surface area contributed by atoms with Crippen molar-refractivity contribution in [3.8, 4) is 0 Å². The van der Waals surface area contributed by atoms with Crippen molar-refractivity contribution in [3.05, 3.63) is 47.3 Å². The maximum Gasteiger partial charge on any atom is 0.238 e. The van der Waals surface area contributed by atoms with Crippen LogP contribution >= 0.6 is 0 Å². The van der Waals surface area contributed by atoms with Crippen molar-refractivity contribution in [1.82, 2.24) is 10.1 Å². The fourth-order valence-electron chi connectivity index (χ4n) is 2.09. The predicted octanol–water partition coefficient (Wildman–Crippen LogP) is 2.62. The van der Waals surface area contributed by atoms with Crippen LogP contribution in [0.25, 0.3) is 0 Å². The minimum atomic E-state index is -0.0398. The highest BCUT2D eigenvalue weighted by atomic mass is 16.5. The van der Waals surface area contributed by atoms with Gasteiger partial charge in [0.2, 0.25) is 5.91 Å². The Morgan fingerprint density at radius 1 is 1.33 bits per heavy atom. The van der Waals surface area contributed by atoms with Gasteiger partial charge < -0.3 is 9.84 Å². The summed E-state index contributed by atoms with van der Waals surface area (Å²) in [4.78, 5) is 13.9. The molecule has 0 spiro atoms. The summed E-state index contributed by atoms with van der Waals surface area (Å²) < 4.78 is 5.01. The van der Waals surface area contributed by atoms with Gasteiger partial charge in [0.1, 0.15) is 5.76 Å². The summed E-state index contributed by atoms with van der Waals surface area (Å²) in [6.45, 7) is 4.85. The molecule has 0 aliphatic rings. The van der Waals surface area contributed by atoms with Crippen molar-refractivity contribution >= 4 is 11.6 Å². The van der Waals surface area contributed by atoms with Gasteiger partial charge in [-0.05, 0) is 38.1 Å². The van der Waals surface area contributed by atoms with Gasteiger partial charge in [0.15, 0.2) is 0 Å². The number of benzene rings is 1. The Hall–Kier alpha value is -2.14. The number of aryl methyl sites for hydroxylation is 2. The first-order valence-corrected chi connectivity index (χ1v) is 7.06. The standard InChI is InChI=1S/C16H21N3O2/c1-4-13-5-7-14(8-6-13)17-16(20)11-19(3)10-15-9-12(2)21-18-15/h5-9H,4,10-11H2,1-3H3,(H,17,20). The zero-order valence-electron chi connectivity index (χ0n) is 12.7. The number of nitrogens with zero attached hydrogens (tertiary/aromatic N) is 2. The van der Waals surface area contributed by atoms with E-state index >= 15 is 0 Å². The molecule has 2 aromatic rings. The van der Waals surface area contributed by atoms with Crippen LogP contribution in [-0.4, -0.2) is 29.6 Å². The van der Waals surface area contributed by atoms with Gasteiger partial charge in [-0.25, -0.2) is 0 Å². The van der Waals surface area contributed by atoms with Gasteiger partial charge in [0.05, 0.1) is 12.2 Å². The van der Waals surface area contributed by atoms with Gasteiger partial charge >= 0.3 is 0 Å². The summed E-state index contributed by atoms with van der Waals surface area (Å²) in [6, 6.07) is 9.78. The first kappa shape index (κ1) is 15.3. The van der Waals surface area contributed by atoms with E-state index in [0.29, 0.717) is 13.1 Å². The number of amides is 1. The third-order valence-corrected chi connectivity index (χ3v) is 3.17. The molecule has 1 aromatic heterocycles. The molecular formula is C16H21N3O2. The Balaban J connectivity index is 1.82. The van der Waals surface area contributed by atoms with Crippen LogP contribution in [-0.2, 0) is 17.8 Å². The maximum absolute atomic E-state index is 12.0. The zero-order valence-corrected chi connectivity index (χ0v) is 12.7. The molecule has 2 rings (SSSR count). The third-order valence-electron chi connectivity index (χ3n) is 3.17. The van der Waals surface area contributed by atoms with Gasteiger partial charge in [0.25, 0.3) is 0 Å². The van der Waals surface area contributed by atoms with E-state index in [1.165, 1.54) is 5.56 Å². The van der Waals surface area contributed by atoms with Crippen LogP contribution in [0, 0.1) is 6.92 Å². The van der Waals surface area contributed by atoms with Crippen LogP contribution in [0.2, 0.25) is 0 Å². The summed E-state index contributed by atoms with van der Waals surface area (Å²) in [7, 11) is 1.88. The molecule has 0 saturated heterocycles. The van der Waals surface area contributed by atoms with Crippen molar-refractivity contribution in [2.45, 2.75) is 26.8 Å². The minimum Gasteiger partial charge on any atom is -0.361 e. The lowest BCUT2D eigenvalue weighted by atomic mass is 10.1. The second kappa shape index (κ2) is 7.04. The molecule has 1 aromatic carbocycles. The topological polar surface area (TPSA) is 58.4 Å². The van der Waals surface area contributed by atoms with Crippen LogP contribution in [0.3, 0.4) is 0 Å². The maximum atomic E-state index is 12.0. The lowest BCUT2D eigenvalue weighted by molar-refractivity contribution is -0.117. The lowest BCUT2D eigenvalue weighted by Crippen LogP contribution is -2.29. The van der Waals surface area contributed by atoms with E-state index in [-0.39, 0.29) is 5.91 Å². The lowest BCUT2D eigenvalue weighted by Gasteiger charge is -2.14. The number of carbonyl (C=O) groups is 1. The normalized spacial score (nSPS) is 10.9. The monoisotopic (exact) mass is 287 g/mol. The van der Waals surface area contributed by atoms with Crippen molar-refractivity contribution in [2.75, 3.05) is 18.9 Å². The first-order chi connectivity index (χ1) is 10.1. The van der Waals surface area contributed by atoms with E-state index in [4.69, 9.17) is 4.52 Å². The Kier molecular flexibility index (Phi) is 5.11. The summed E-state index contributed by atoms with van der Waals surface area (Å²) >= 11 is 0. The van der Waals surface area contributed by atoms with Crippen molar-refractivity contribution in [3.63, 3.8) is 0 Å². The third kappa shape index (κ3) is 4.72. The summed E-state index contributed by atoms with van der Waals surface area (Å²) in [5.74, 6) is 0.737. The fraction of sp³-hybridized carbons (Fsp3) is 0.375. The van der Waals surface area contributed by atoms with Crippen LogP contribution in [0.5, 0.6) is 0 Å². The molecule has 0 radical (unpaired) electrons. The zero-order chi connectivity index (χ0) is 15.2. The molecule has 0 fully saturated rings. The largest absolute Gasteiger partial charge is 0.361 e. The molecule has 5 heteroatoms. The number of nitrogens with one attached hydrogen (secondary N) is 1. The van der Waals surface area contributed by atoms with Gasteiger partial charge in [-0.15, -0.1) is 0 Å². The highest BCUT2D eigenvalue weighted by Gasteiger charge is 2.09. The summed E-state index contributed by atoms with van der Waals surface area (Å²) in [6.07, 6.45) is 0.994. The highest BCUT2D eigenvalue weighted by molar-refractivity contribution is 5.92. The quantitative estimate of drug-likeness (QED) is 0.887. The fourth-order valence-corrected chi connectivity index (χ4v) is 2.09. The first-order valence-electron chi connectivity index (χ1n) is 7.06. The number of aromatic nitrogens is 1. The van der Waals surface area contributed by atoms with Gasteiger partial charge in [-0.1, -0.05) is 24.2 Å². The molecule has 112 valence electrons. The smallest absolute Gasteiger partial charge is 0.238 e. The Bertz CT molecular complexity index is 590. The molecule has 21 heavy (non-hydrogen) atoms. The Labute approximate surface area is 124 Å². The van der Waals surface area contributed by atoms with Gasteiger partial charge in [0, 0.05) is 18.3 Å². The second-order valence-corrected chi connectivity index (χ2v) is 5.20. The number of anilines is 1. The van der Waals surface area contributed by atoms with E-state index in [2.05, 4.69) is 17.4 Å². The van der Waals surface area contributed by atoms with E-state index in [1.807, 2.05) is 49.2 Å². The molecule has 5 nitrogen and oxygen atoms in total. The highest BCUT2D eigenvalue weighted by Crippen LogP contribution is 2.10. The van der Waals surface area contributed by atoms with E-state index < -0.39 is 0 Å². The number of rotatable bonds is 6. The second-order valence-electron chi connectivity index (χ2n) is 5.20. The van der Waals surface area contributed by atoms with Crippen molar-refractivity contribution < 1.29 is 9.32 Å². The van der Waals surface area contributed by atoms with Crippen LogP contribution in [0.1, 0.15) is 23.9 Å². The predicted molar refractivity (Wildman–Crippen MR) is 82.0 cm³/mol.